The molecule has 17 heavy (non-hydrogen) atoms. The van der Waals surface area contributed by atoms with Crippen molar-refractivity contribution < 1.29 is 14.9 Å². The van der Waals surface area contributed by atoms with Crippen molar-refractivity contribution in [1.29, 1.82) is 0 Å². The van der Waals surface area contributed by atoms with Crippen molar-refractivity contribution in [2.45, 2.75) is 23.7 Å². The molecule has 8 heteroatoms. The lowest BCUT2D eigenvalue weighted by Crippen LogP contribution is -2.33. The summed E-state index contributed by atoms with van der Waals surface area (Å²) in [6.45, 7) is -0.341. The van der Waals surface area contributed by atoms with E-state index in [2.05, 4.69) is 17.6 Å². The van der Waals surface area contributed by atoms with E-state index in [-0.39, 0.29) is 12.4 Å². The maximum Gasteiger partial charge on any atom is 0.351 e. The van der Waals surface area contributed by atoms with E-state index in [1.165, 1.54) is 16.8 Å². The Kier molecular flexibility index (Phi) is 3.38. The molecule has 7 nitrogen and oxygen atoms in total. The van der Waals surface area contributed by atoms with Crippen molar-refractivity contribution in [3.05, 3.63) is 22.7 Å². The van der Waals surface area contributed by atoms with Crippen LogP contribution in [0.4, 0.5) is 5.82 Å². The van der Waals surface area contributed by atoms with Crippen LogP contribution in [-0.2, 0) is 4.74 Å². The minimum Gasteiger partial charge on any atom is -0.394 e. The van der Waals surface area contributed by atoms with Gasteiger partial charge in [0.2, 0.25) is 0 Å². The smallest absolute Gasteiger partial charge is 0.351 e. The lowest BCUT2D eigenvalue weighted by molar-refractivity contribution is -0.0456. The van der Waals surface area contributed by atoms with E-state index in [0.717, 1.165) is 0 Å². The highest BCUT2D eigenvalue weighted by Crippen LogP contribution is 2.31. The Bertz CT molecular complexity index is 466. The number of aliphatic hydroxyl groups excluding tert-OH is 2. The molecule has 0 amide bonds. The first kappa shape index (κ1) is 12.4. The van der Waals surface area contributed by atoms with Crippen LogP contribution in [0.1, 0.15) is 6.23 Å². The molecule has 0 spiro atoms. The van der Waals surface area contributed by atoms with Gasteiger partial charge in [0.25, 0.3) is 0 Å². The molecule has 0 radical (unpaired) electrons. The van der Waals surface area contributed by atoms with Crippen LogP contribution in [0, 0.1) is 0 Å². The molecule has 0 aliphatic carbocycles. The zero-order valence-electron chi connectivity index (χ0n) is 8.80. The summed E-state index contributed by atoms with van der Waals surface area (Å²) in [6.07, 6.45) is -1.05. The quantitative estimate of drug-likeness (QED) is 0.475. The standard InChI is InChI=1S/C9H13N3O4S/c10-5-1-2-12(9(15)11-5)8-7(17)6(14)4(3-13)16-8/h1-2,4,6-8,13-14,17H,3H2,(H2,10,11,15)/t4-,6?,7?,8-/m0/s1. The van der Waals surface area contributed by atoms with Crippen molar-refractivity contribution in [2.24, 2.45) is 0 Å². The summed E-state index contributed by atoms with van der Waals surface area (Å²) >= 11 is 4.18. The van der Waals surface area contributed by atoms with Crippen LogP contribution in [0.2, 0.25) is 0 Å². The van der Waals surface area contributed by atoms with Gasteiger partial charge in [-0.25, -0.2) is 4.79 Å². The first-order valence-corrected chi connectivity index (χ1v) is 5.53. The van der Waals surface area contributed by atoms with Gasteiger partial charge in [-0.3, -0.25) is 4.57 Å². The number of nitrogens with two attached hydrogens (primary N) is 1. The van der Waals surface area contributed by atoms with E-state index in [1.54, 1.807) is 0 Å². The number of aliphatic hydroxyl groups is 2. The van der Waals surface area contributed by atoms with Crippen molar-refractivity contribution in [2.75, 3.05) is 12.3 Å². The topological polar surface area (TPSA) is 111 Å². The number of rotatable bonds is 2. The molecule has 1 fully saturated rings. The SMILES string of the molecule is Nc1ccn([C@H]2O[C@@H](CO)C(O)C2S)c(=O)n1. The van der Waals surface area contributed by atoms with Gasteiger partial charge in [-0.1, -0.05) is 0 Å². The number of anilines is 1. The predicted molar refractivity (Wildman–Crippen MR) is 62.7 cm³/mol. The summed E-state index contributed by atoms with van der Waals surface area (Å²) in [5.41, 5.74) is 4.78. The molecule has 1 aromatic heterocycles. The number of nitrogens with zero attached hydrogens (tertiary/aromatic N) is 2. The summed E-state index contributed by atoms with van der Waals surface area (Å²) in [6, 6.07) is 1.45. The molecular weight excluding hydrogens is 246 g/mol. The van der Waals surface area contributed by atoms with Gasteiger partial charge in [0, 0.05) is 6.20 Å². The van der Waals surface area contributed by atoms with Gasteiger partial charge in [-0.2, -0.15) is 17.6 Å². The third-order valence-corrected chi connectivity index (χ3v) is 3.20. The Hall–Kier alpha value is -1.09. The fourth-order valence-electron chi connectivity index (χ4n) is 1.73. The monoisotopic (exact) mass is 259 g/mol. The average Bonchev–Trinajstić information content (AvgIpc) is 2.57. The summed E-state index contributed by atoms with van der Waals surface area (Å²) in [7, 11) is 0. The highest BCUT2D eigenvalue weighted by Gasteiger charge is 2.42. The summed E-state index contributed by atoms with van der Waals surface area (Å²) < 4.78 is 6.54. The molecular formula is C9H13N3O4S. The minimum absolute atomic E-state index is 0.110. The fourth-order valence-corrected chi connectivity index (χ4v) is 2.14. The molecule has 1 saturated heterocycles. The molecule has 1 aliphatic rings. The zero-order chi connectivity index (χ0) is 12.6. The van der Waals surface area contributed by atoms with Crippen molar-refractivity contribution in [3.8, 4) is 0 Å². The highest BCUT2D eigenvalue weighted by atomic mass is 32.1. The first-order chi connectivity index (χ1) is 8.04. The van der Waals surface area contributed by atoms with E-state index in [1.807, 2.05) is 0 Å². The maximum absolute atomic E-state index is 11.6. The molecule has 2 unspecified atom stereocenters. The van der Waals surface area contributed by atoms with Crippen molar-refractivity contribution in [3.63, 3.8) is 0 Å². The largest absolute Gasteiger partial charge is 0.394 e. The third-order valence-electron chi connectivity index (χ3n) is 2.64. The van der Waals surface area contributed by atoms with Crippen molar-refractivity contribution in [1.82, 2.24) is 9.55 Å². The molecule has 94 valence electrons. The number of ether oxygens (including phenoxy) is 1. The Morgan fingerprint density at radius 2 is 2.35 bits per heavy atom. The van der Waals surface area contributed by atoms with Gasteiger partial charge in [-0.15, -0.1) is 0 Å². The Morgan fingerprint density at radius 1 is 1.65 bits per heavy atom. The van der Waals surface area contributed by atoms with E-state index in [0.29, 0.717) is 0 Å². The molecule has 2 heterocycles. The second-order valence-corrected chi connectivity index (χ2v) is 4.37. The number of nitrogen functional groups attached to an aromatic ring is 1. The Balaban J connectivity index is 2.32. The molecule has 0 aromatic carbocycles. The molecule has 4 atom stereocenters. The summed E-state index contributed by atoms with van der Waals surface area (Å²) in [4.78, 5) is 15.1. The van der Waals surface area contributed by atoms with Gasteiger partial charge in [0.15, 0.2) is 6.23 Å². The number of aromatic nitrogens is 2. The van der Waals surface area contributed by atoms with Gasteiger partial charge < -0.3 is 20.7 Å². The van der Waals surface area contributed by atoms with E-state index in [4.69, 9.17) is 15.6 Å². The fraction of sp³-hybridized carbons (Fsp3) is 0.556. The molecule has 1 aromatic rings. The molecule has 0 saturated carbocycles. The van der Waals surface area contributed by atoms with E-state index < -0.39 is 29.4 Å². The summed E-state index contributed by atoms with van der Waals surface area (Å²) in [5, 5.41) is 18.1. The molecule has 2 rings (SSSR count). The molecule has 0 bridgehead atoms. The van der Waals surface area contributed by atoms with Gasteiger partial charge >= 0.3 is 5.69 Å². The molecule has 4 N–H and O–H groups in total. The van der Waals surface area contributed by atoms with Crippen LogP contribution in [-0.4, -0.2) is 43.8 Å². The Morgan fingerprint density at radius 3 is 2.88 bits per heavy atom. The summed E-state index contributed by atoms with van der Waals surface area (Å²) in [5.74, 6) is 0.110. The number of hydrogen-bond donors (Lipinski definition) is 4. The minimum atomic E-state index is -0.946. The maximum atomic E-state index is 11.6. The number of thiol groups is 1. The van der Waals surface area contributed by atoms with Crippen LogP contribution in [0.15, 0.2) is 17.1 Å². The Labute approximate surface area is 102 Å². The normalized spacial score (nSPS) is 32.9. The van der Waals surface area contributed by atoms with Gasteiger partial charge in [0.1, 0.15) is 11.9 Å². The van der Waals surface area contributed by atoms with E-state index in [9.17, 15) is 9.90 Å². The highest BCUT2D eigenvalue weighted by molar-refractivity contribution is 7.81. The zero-order valence-corrected chi connectivity index (χ0v) is 9.70. The first-order valence-electron chi connectivity index (χ1n) is 5.01. The van der Waals surface area contributed by atoms with Crippen LogP contribution >= 0.6 is 12.6 Å². The van der Waals surface area contributed by atoms with Gasteiger partial charge in [0.05, 0.1) is 18.0 Å². The van der Waals surface area contributed by atoms with Crippen LogP contribution < -0.4 is 11.4 Å². The van der Waals surface area contributed by atoms with Gasteiger partial charge in [-0.05, 0) is 6.07 Å². The van der Waals surface area contributed by atoms with Crippen LogP contribution in [0.5, 0.6) is 0 Å². The second-order valence-electron chi connectivity index (χ2n) is 3.77. The lowest BCUT2D eigenvalue weighted by atomic mass is 10.2. The second kappa shape index (κ2) is 4.65. The van der Waals surface area contributed by atoms with Crippen LogP contribution in [0.25, 0.3) is 0 Å². The third kappa shape index (κ3) is 2.16. The predicted octanol–water partition coefficient (Wildman–Crippen LogP) is -1.63. The lowest BCUT2D eigenvalue weighted by Gasteiger charge is -2.17. The average molecular weight is 259 g/mol. The molecule has 1 aliphatic heterocycles. The van der Waals surface area contributed by atoms with Crippen molar-refractivity contribution >= 4 is 18.4 Å². The van der Waals surface area contributed by atoms with Crippen LogP contribution in [0.3, 0.4) is 0 Å². The number of hydrogen-bond acceptors (Lipinski definition) is 7. The van der Waals surface area contributed by atoms with E-state index >= 15 is 0 Å².